The summed E-state index contributed by atoms with van der Waals surface area (Å²) in [6, 6.07) is 4.01. The van der Waals surface area contributed by atoms with Crippen LogP contribution in [0.15, 0.2) is 18.3 Å². The van der Waals surface area contributed by atoms with E-state index in [2.05, 4.69) is 38.7 Å². The van der Waals surface area contributed by atoms with Gasteiger partial charge >= 0.3 is 0 Å². The second kappa shape index (κ2) is 8.01. The number of hydrogen-bond donors (Lipinski definition) is 2. The highest BCUT2D eigenvalue weighted by molar-refractivity contribution is 7.10. The molecule has 1 fully saturated rings. The van der Waals surface area contributed by atoms with Crippen LogP contribution in [0.5, 0.6) is 0 Å². The van der Waals surface area contributed by atoms with Crippen LogP contribution in [-0.2, 0) is 11.3 Å². The van der Waals surface area contributed by atoms with Gasteiger partial charge in [-0.3, -0.25) is 4.79 Å². The lowest BCUT2D eigenvalue weighted by Gasteiger charge is -2.36. The maximum absolute atomic E-state index is 12.4. The zero-order chi connectivity index (χ0) is 18.7. The van der Waals surface area contributed by atoms with E-state index < -0.39 is 0 Å². The quantitative estimate of drug-likeness (QED) is 0.836. The van der Waals surface area contributed by atoms with Gasteiger partial charge in [0, 0.05) is 32.9 Å². The molecule has 2 aromatic heterocycles. The summed E-state index contributed by atoms with van der Waals surface area (Å²) >= 11 is 1.29. The Hall–Kier alpha value is -2.19. The minimum atomic E-state index is -0.125. The lowest BCUT2D eigenvalue weighted by molar-refractivity contribution is -0.00546. The molecule has 0 bridgehead atoms. The van der Waals surface area contributed by atoms with Crippen LogP contribution >= 0.6 is 11.5 Å². The van der Waals surface area contributed by atoms with Gasteiger partial charge in [0.05, 0.1) is 23.5 Å². The molecule has 1 saturated heterocycles. The minimum Gasteiger partial charge on any atom is -0.378 e. The molecule has 7 nitrogen and oxygen atoms in total. The van der Waals surface area contributed by atoms with Gasteiger partial charge in [0.25, 0.3) is 5.91 Å². The van der Waals surface area contributed by atoms with E-state index >= 15 is 0 Å². The zero-order valence-electron chi connectivity index (χ0n) is 15.6. The molecule has 1 aliphatic rings. The van der Waals surface area contributed by atoms with E-state index in [0.717, 1.165) is 35.2 Å². The number of anilines is 2. The molecule has 2 N–H and O–H groups in total. The first-order chi connectivity index (χ1) is 12.5. The lowest BCUT2D eigenvalue weighted by atomic mass is 10.2. The van der Waals surface area contributed by atoms with Gasteiger partial charge in [0.2, 0.25) is 0 Å². The number of nitrogens with zero attached hydrogens (tertiary/aromatic N) is 3. The molecule has 1 aliphatic heterocycles. The largest absolute Gasteiger partial charge is 0.378 e. The molecule has 0 spiro atoms. The lowest BCUT2D eigenvalue weighted by Crippen LogP contribution is -2.45. The van der Waals surface area contributed by atoms with Crippen molar-refractivity contribution in [2.24, 2.45) is 0 Å². The van der Waals surface area contributed by atoms with Crippen LogP contribution in [0.2, 0.25) is 0 Å². The summed E-state index contributed by atoms with van der Waals surface area (Å²) in [6.07, 6.45) is 2.21. The second-order valence-electron chi connectivity index (χ2n) is 6.59. The number of pyridine rings is 1. The van der Waals surface area contributed by atoms with Crippen LogP contribution in [0.1, 0.15) is 35.5 Å². The predicted octanol–water partition coefficient (Wildman–Crippen LogP) is 2.43. The molecule has 2 atom stereocenters. The van der Waals surface area contributed by atoms with Crippen LogP contribution in [0.3, 0.4) is 0 Å². The number of aromatic nitrogens is 2. The zero-order valence-corrected chi connectivity index (χ0v) is 16.4. The van der Waals surface area contributed by atoms with Crippen LogP contribution < -0.4 is 15.5 Å². The monoisotopic (exact) mass is 375 g/mol. The average molecular weight is 375 g/mol. The Labute approximate surface area is 157 Å². The summed E-state index contributed by atoms with van der Waals surface area (Å²) in [4.78, 5) is 19.2. The van der Waals surface area contributed by atoms with Crippen molar-refractivity contribution in [2.45, 2.75) is 39.5 Å². The third-order valence-corrected chi connectivity index (χ3v) is 5.28. The van der Waals surface area contributed by atoms with Crippen LogP contribution in [0, 0.1) is 6.92 Å². The van der Waals surface area contributed by atoms with E-state index in [1.165, 1.54) is 11.5 Å². The number of carbonyl (C=O) groups is 1. The van der Waals surface area contributed by atoms with Crippen LogP contribution in [0.4, 0.5) is 10.8 Å². The number of ether oxygens (including phenoxy) is 1. The van der Waals surface area contributed by atoms with Crippen molar-refractivity contribution in [1.82, 2.24) is 14.7 Å². The SMILES string of the molecule is CNc1snc(C)c1C(=O)NCc1ccc(N2C[C@H](C)O[C@@H](C)C2)nc1. The highest BCUT2D eigenvalue weighted by atomic mass is 32.1. The van der Waals surface area contributed by atoms with Crippen LogP contribution in [0.25, 0.3) is 0 Å². The van der Waals surface area contributed by atoms with E-state index in [-0.39, 0.29) is 18.1 Å². The highest BCUT2D eigenvalue weighted by Crippen LogP contribution is 2.24. The van der Waals surface area contributed by atoms with Crippen molar-refractivity contribution in [3.8, 4) is 0 Å². The van der Waals surface area contributed by atoms with Gasteiger partial charge in [-0.05, 0) is 43.9 Å². The van der Waals surface area contributed by atoms with Gasteiger partial charge in [-0.25, -0.2) is 4.98 Å². The molecule has 0 aliphatic carbocycles. The molecule has 0 aromatic carbocycles. The molecule has 8 heteroatoms. The fraction of sp³-hybridized carbons (Fsp3) is 0.500. The van der Waals surface area contributed by atoms with E-state index in [9.17, 15) is 4.79 Å². The maximum Gasteiger partial charge on any atom is 0.256 e. The second-order valence-corrected chi connectivity index (χ2v) is 7.37. The number of aryl methyl sites for hydroxylation is 1. The predicted molar refractivity (Wildman–Crippen MR) is 104 cm³/mol. The Morgan fingerprint density at radius 2 is 2.08 bits per heavy atom. The van der Waals surface area contributed by atoms with Gasteiger partial charge in [-0.2, -0.15) is 4.37 Å². The molecule has 140 valence electrons. The number of rotatable bonds is 5. The fourth-order valence-corrected chi connectivity index (χ4v) is 3.89. The van der Waals surface area contributed by atoms with Crippen molar-refractivity contribution >= 4 is 28.3 Å². The minimum absolute atomic E-state index is 0.125. The topological polar surface area (TPSA) is 79.4 Å². The van der Waals surface area contributed by atoms with Gasteiger partial charge in [-0.15, -0.1) is 0 Å². The summed E-state index contributed by atoms with van der Waals surface area (Å²) in [5, 5.41) is 6.74. The number of morpholine rings is 1. The van der Waals surface area contributed by atoms with Crippen LogP contribution in [-0.4, -0.2) is 47.6 Å². The average Bonchev–Trinajstić information content (AvgIpc) is 3.00. The van der Waals surface area contributed by atoms with E-state index in [4.69, 9.17) is 4.74 Å². The first-order valence-electron chi connectivity index (χ1n) is 8.75. The third-order valence-electron chi connectivity index (χ3n) is 4.32. The molecule has 0 radical (unpaired) electrons. The Morgan fingerprint density at radius 1 is 1.35 bits per heavy atom. The smallest absolute Gasteiger partial charge is 0.256 e. The molecule has 1 amide bonds. The summed E-state index contributed by atoms with van der Waals surface area (Å²) < 4.78 is 9.99. The van der Waals surface area contributed by atoms with Gasteiger partial charge in [0.1, 0.15) is 10.8 Å². The Kier molecular flexibility index (Phi) is 5.73. The van der Waals surface area contributed by atoms with Gasteiger partial charge in [-0.1, -0.05) is 6.07 Å². The van der Waals surface area contributed by atoms with Crippen molar-refractivity contribution in [3.63, 3.8) is 0 Å². The maximum atomic E-state index is 12.4. The summed E-state index contributed by atoms with van der Waals surface area (Å²) in [5.74, 6) is 0.818. The molecular formula is C18H25N5O2S. The number of hydrogen-bond acceptors (Lipinski definition) is 7. The molecule has 26 heavy (non-hydrogen) atoms. The molecular weight excluding hydrogens is 350 g/mol. The number of carbonyl (C=O) groups excluding carboxylic acids is 1. The molecule has 0 saturated carbocycles. The molecule has 2 aromatic rings. The first-order valence-corrected chi connectivity index (χ1v) is 9.52. The standard InChI is InChI=1S/C18H25N5O2S/c1-11-9-23(10-12(2)25-11)15-6-5-14(7-20-15)8-21-17(24)16-13(3)22-26-18(16)19-4/h5-7,11-12,19H,8-10H2,1-4H3,(H,21,24)/t11-,12-/m0/s1. The summed E-state index contributed by atoms with van der Waals surface area (Å²) in [7, 11) is 1.79. The highest BCUT2D eigenvalue weighted by Gasteiger charge is 2.23. The van der Waals surface area contributed by atoms with Gasteiger partial charge < -0.3 is 20.3 Å². The molecule has 0 unspecified atom stereocenters. The third kappa shape index (κ3) is 4.13. The summed E-state index contributed by atoms with van der Waals surface area (Å²) in [5.41, 5.74) is 2.31. The van der Waals surface area contributed by atoms with Crippen molar-refractivity contribution in [2.75, 3.05) is 30.4 Å². The molecule has 3 rings (SSSR count). The molecule has 3 heterocycles. The Bertz CT molecular complexity index is 751. The Balaban J connectivity index is 1.61. The van der Waals surface area contributed by atoms with Gasteiger partial charge in [0.15, 0.2) is 0 Å². The van der Waals surface area contributed by atoms with Crippen molar-refractivity contribution in [3.05, 3.63) is 35.2 Å². The van der Waals surface area contributed by atoms with Crippen molar-refractivity contribution < 1.29 is 9.53 Å². The van der Waals surface area contributed by atoms with E-state index in [0.29, 0.717) is 12.1 Å². The normalized spacial score (nSPS) is 20.1. The number of nitrogens with one attached hydrogen (secondary N) is 2. The van der Waals surface area contributed by atoms with E-state index in [1.54, 1.807) is 7.05 Å². The Morgan fingerprint density at radius 3 is 2.69 bits per heavy atom. The van der Waals surface area contributed by atoms with E-state index in [1.807, 2.05) is 25.3 Å². The number of amides is 1. The first kappa shape index (κ1) is 18.6. The van der Waals surface area contributed by atoms with Crippen molar-refractivity contribution in [1.29, 1.82) is 0 Å². The summed E-state index contributed by atoms with van der Waals surface area (Å²) in [6.45, 7) is 8.10. The fourth-order valence-electron chi connectivity index (χ4n) is 3.15.